The summed E-state index contributed by atoms with van der Waals surface area (Å²) < 4.78 is 5.67. The molecular weight excluding hydrogens is 328 g/mol. The van der Waals surface area contributed by atoms with Crippen LogP contribution in [0.15, 0.2) is 48.5 Å². The van der Waals surface area contributed by atoms with Crippen LogP contribution in [0, 0.1) is 0 Å². The van der Waals surface area contributed by atoms with Crippen molar-refractivity contribution in [3.8, 4) is 5.75 Å². The Labute approximate surface area is 153 Å². The molecule has 5 nitrogen and oxygen atoms in total. The molecule has 2 aliphatic heterocycles. The zero-order chi connectivity index (χ0) is 17.9. The van der Waals surface area contributed by atoms with Crippen LogP contribution in [0.25, 0.3) is 0 Å². The lowest BCUT2D eigenvalue weighted by Crippen LogP contribution is -2.41. The number of ether oxygens (including phenoxy) is 1. The van der Waals surface area contributed by atoms with E-state index < -0.39 is 0 Å². The number of aliphatic hydroxyl groups excluding tert-OH is 1. The van der Waals surface area contributed by atoms with Crippen molar-refractivity contribution in [3.05, 3.63) is 59.7 Å². The molecule has 1 saturated heterocycles. The third-order valence-electron chi connectivity index (χ3n) is 5.29. The predicted octanol–water partition coefficient (Wildman–Crippen LogP) is 2.57. The molecule has 1 amide bonds. The Kier molecular flexibility index (Phi) is 4.80. The number of nitrogens with zero attached hydrogens (tertiary/aromatic N) is 2. The summed E-state index contributed by atoms with van der Waals surface area (Å²) in [6.45, 7) is 2.49. The summed E-state index contributed by atoms with van der Waals surface area (Å²) in [5, 5.41) is 9.09. The Morgan fingerprint density at radius 3 is 2.77 bits per heavy atom. The van der Waals surface area contributed by atoms with E-state index in [-0.39, 0.29) is 19.1 Å². The Bertz CT molecular complexity index is 775. The third-order valence-corrected chi connectivity index (χ3v) is 5.29. The van der Waals surface area contributed by atoms with Gasteiger partial charge in [-0.25, -0.2) is 0 Å². The second kappa shape index (κ2) is 7.38. The molecule has 0 aromatic heterocycles. The van der Waals surface area contributed by atoms with Crippen LogP contribution in [0.4, 0.5) is 5.69 Å². The van der Waals surface area contributed by atoms with Crippen LogP contribution in [0.3, 0.4) is 0 Å². The lowest BCUT2D eigenvalue weighted by Gasteiger charge is -2.27. The van der Waals surface area contributed by atoms with Gasteiger partial charge in [0.2, 0.25) is 0 Å². The number of carbonyl (C=O) groups is 1. The summed E-state index contributed by atoms with van der Waals surface area (Å²) in [6, 6.07) is 16.0. The van der Waals surface area contributed by atoms with Gasteiger partial charge < -0.3 is 19.6 Å². The maximum atomic E-state index is 12.8. The van der Waals surface area contributed by atoms with Gasteiger partial charge in [-0.2, -0.15) is 0 Å². The standard InChI is InChI=1S/C21H24N2O3/c24-14-16-7-9-19(10-8-16)26-15-21(25)22-12-17-4-1-2-6-20(17)23-11-3-5-18(23)13-22/h1-2,4,6-10,18,24H,3,5,11-15H2/t18-/m1/s1. The molecule has 1 atom stereocenters. The van der Waals surface area contributed by atoms with Crippen molar-refractivity contribution in [1.82, 2.24) is 4.90 Å². The quantitative estimate of drug-likeness (QED) is 0.919. The van der Waals surface area contributed by atoms with Crippen LogP contribution in [-0.2, 0) is 17.9 Å². The summed E-state index contributed by atoms with van der Waals surface area (Å²) >= 11 is 0. The smallest absolute Gasteiger partial charge is 0.260 e. The average molecular weight is 352 g/mol. The first-order valence-electron chi connectivity index (χ1n) is 9.19. The molecule has 2 aromatic carbocycles. The number of anilines is 1. The highest BCUT2D eigenvalue weighted by molar-refractivity contribution is 5.78. The van der Waals surface area contributed by atoms with Gasteiger partial charge in [0.15, 0.2) is 6.61 Å². The number of carbonyl (C=O) groups excluding carboxylic acids is 1. The molecule has 0 saturated carbocycles. The first-order valence-corrected chi connectivity index (χ1v) is 9.19. The SMILES string of the molecule is O=C(COc1ccc(CO)cc1)N1Cc2ccccc2N2CCC[C@@H]2C1. The zero-order valence-electron chi connectivity index (χ0n) is 14.8. The highest BCUT2D eigenvalue weighted by atomic mass is 16.5. The number of aliphatic hydroxyl groups is 1. The van der Waals surface area contributed by atoms with Gasteiger partial charge in [0, 0.05) is 31.4 Å². The van der Waals surface area contributed by atoms with Crippen LogP contribution in [-0.4, -0.2) is 41.7 Å². The maximum Gasteiger partial charge on any atom is 0.260 e. The summed E-state index contributed by atoms with van der Waals surface area (Å²) in [5.74, 6) is 0.660. The largest absolute Gasteiger partial charge is 0.484 e. The zero-order valence-corrected chi connectivity index (χ0v) is 14.8. The minimum atomic E-state index is 0.00425. The number of para-hydroxylation sites is 1. The van der Waals surface area contributed by atoms with Crippen molar-refractivity contribution in [2.75, 3.05) is 24.6 Å². The van der Waals surface area contributed by atoms with Gasteiger partial charge in [0.25, 0.3) is 5.91 Å². The lowest BCUT2D eigenvalue weighted by molar-refractivity contribution is -0.134. The van der Waals surface area contributed by atoms with E-state index in [1.54, 1.807) is 24.3 Å². The fourth-order valence-electron chi connectivity index (χ4n) is 3.91. The molecule has 0 radical (unpaired) electrons. The topological polar surface area (TPSA) is 53.0 Å². The van der Waals surface area contributed by atoms with E-state index >= 15 is 0 Å². The molecule has 5 heteroatoms. The van der Waals surface area contributed by atoms with E-state index in [2.05, 4.69) is 23.1 Å². The van der Waals surface area contributed by atoms with E-state index in [1.807, 2.05) is 11.0 Å². The predicted molar refractivity (Wildman–Crippen MR) is 100 cm³/mol. The van der Waals surface area contributed by atoms with Crippen molar-refractivity contribution in [1.29, 1.82) is 0 Å². The van der Waals surface area contributed by atoms with Gasteiger partial charge >= 0.3 is 0 Å². The van der Waals surface area contributed by atoms with Gasteiger partial charge in [-0.1, -0.05) is 30.3 Å². The number of hydrogen-bond acceptors (Lipinski definition) is 4. The average Bonchev–Trinajstić information content (AvgIpc) is 3.08. The van der Waals surface area contributed by atoms with Gasteiger partial charge in [0.05, 0.1) is 6.61 Å². The highest BCUT2D eigenvalue weighted by Gasteiger charge is 2.33. The minimum Gasteiger partial charge on any atom is -0.484 e. The molecule has 0 aliphatic carbocycles. The Morgan fingerprint density at radius 2 is 1.96 bits per heavy atom. The normalized spacial score (nSPS) is 18.9. The van der Waals surface area contributed by atoms with Crippen LogP contribution >= 0.6 is 0 Å². The number of rotatable bonds is 4. The summed E-state index contributed by atoms with van der Waals surface area (Å²) in [5.41, 5.74) is 3.30. The van der Waals surface area contributed by atoms with Crippen molar-refractivity contribution in [3.63, 3.8) is 0 Å². The first kappa shape index (κ1) is 16.9. The number of fused-ring (bicyclic) bond motifs is 3. The number of amides is 1. The minimum absolute atomic E-state index is 0.00425. The second-order valence-corrected chi connectivity index (χ2v) is 6.98. The van der Waals surface area contributed by atoms with Crippen LogP contribution < -0.4 is 9.64 Å². The fourth-order valence-corrected chi connectivity index (χ4v) is 3.91. The molecule has 2 heterocycles. The molecule has 26 heavy (non-hydrogen) atoms. The number of benzene rings is 2. The van der Waals surface area contributed by atoms with Gasteiger partial charge in [-0.05, 0) is 42.2 Å². The molecule has 2 aliphatic rings. The summed E-state index contributed by atoms with van der Waals surface area (Å²) in [7, 11) is 0. The van der Waals surface area contributed by atoms with Gasteiger partial charge in [-0.15, -0.1) is 0 Å². The van der Waals surface area contributed by atoms with Crippen molar-refractivity contribution < 1.29 is 14.6 Å². The van der Waals surface area contributed by atoms with Crippen molar-refractivity contribution in [2.24, 2.45) is 0 Å². The van der Waals surface area contributed by atoms with Crippen LogP contribution in [0.1, 0.15) is 24.0 Å². The summed E-state index contributed by atoms with van der Waals surface area (Å²) in [6.07, 6.45) is 2.30. The van der Waals surface area contributed by atoms with Crippen molar-refractivity contribution >= 4 is 11.6 Å². The van der Waals surface area contributed by atoms with Crippen molar-refractivity contribution in [2.45, 2.75) is 32.0 Å². The third kappa shape index (κ3) is 3.40. The van der Waals surface area contributed by atoms with Crippen LogP contribution in [0.2, 0.25) is 0 Å². The Hall–Kier alpha value is -2.53. The first-order chi connectivity index (χ1) is 12.7. The summed E-state index contributed by atoms with van der Waals surface area (Å²) in [4.78, 5) is 17.2. The molecule has 0 unspecified atom stereocenters. The molecule has 0 spiro atoms. The Morgan fingerprint density at radius 1 is 1.15 bits per heavy atom. The molecule has 1 N–H and O–H groups in total. The van der Waals surface area contributed by atoms with E-state index in [1.165, 1.54) is 17.7 Å². The molecule has 136 valence electrons. The van der Waals surface area contributed by atoms with E-state index in [0.717, 1.165) is 25.1 Å². The maximum absolute atomic E-state index is 12.8. The van der Waals surface area contributed by atoms with Gasteiger partial charge in [-0.3, -0.25) is 4.79 Å². The highest BCUT2D eigenvalue weighted by Crippen LogP contribution is 2.33. The van der Waals surface area contributed by atoms with E-state index in [4.69, 9.17) is 9.84 Å². The molecule has 2 aromatic rings. The lowest BCUT2D eigenvalue weighted by atomic mass is 10.1. The van der Waals surface area contributed by atoms with Crippen LogP contribution in [0.5, 0.6) is 5.75 Å². The Balaban J connectivity index is 1.45. The fraction of sp³-hybridized carbons (Fsp3) is 0.381. The van der Waals surface area contributed by atoms with Gasteiger partial charge in [0.1, 0.15) is 5.75 Å². The molecule has 1 fully saturated rings. The monoisotopic (exact) mass is 352 g/mol. The van der Waals surface area contributed by atoms with E-state index in [0.29, 0.717) is 18.3 Å². The second-order valence-electron chi connectivity index (χ2n) is 6.98. The van der Waals surface area contributed by atoms with E-state index in [9.17, 15) is 4.79 Å². The molecular formula is C21H24N2O3. The number of hydrogen-bond donors (Lipinski definition) is 1. The molecule has 4 rings (SSSR count). The molecule has 0 bridgehead atoms.